The second kappa shape index (κ2) is 4.41. The van der Waals surface area contributed by atoms with Gasteiger partial charge < -0.3 is 0 Å². The number of aromatic amines is 2. The molecule has 1 heterocycles. The molecule has 0 aliphatic carbocycles. The van der Waals surface area contributed by atoms with Gasteiger partial charge in [0.2, 0.25) is 0 Å². The van der Waals surface area contributed by atoms with E-state index >= 15 is 0 Å². The molecule has 0 aromatic carbocycles. The predicted molar refractivity (Wildman–Crippen MR) is 54.3 cm³/mol. The molecular weight excluding hydrogens is 186 g/mol. The molecule has 4 nitrogen and oxygen atoms in total. The standard InChI is InChI=1S/C8H15N3OS/c1-3-6(4-2)5-11-7(12)9-10-8(11)13/h6H,3-5H2,1-2H3,(H,9,12)(H,10,13). The van der Waals surface area contributed by atoms with Crippen molar-refractivity contribution in [3.63, 3.8) is 0 Å². The van der Waals surface area contributed by atoms with Gasteiger partial charge in [-0.15, -0.1) is 0 Å². The fourth-order valence-electron chi connectivity index (χ4n) is 1.31. The summed E-state index contributed by atoms with van der Waals surface area (Å²) in [5, 5.41) is 5.10. The third-order valence-corrected chi connectivity index (χ3v) is 2.68. The minimum absolute atomic E-state index is 0.142. The van der Waals surface area contributed by atoms with Crippen LogP contribution in [-0.4, -0.2) is 14.8 Å². The first kappa shape index (κ1) is 10.2. The normalized spacial score (nSPS) is 11.0. The summed E-state index contributed by atoms with van der Waals surface area (Å²) >= 11 is 4.96. The van der Waals surface area contributed by atoms with Gasteiger partial charge in [0.15, 0.2) is 4.77 Å². The Bertz CT molecular complexity index is 330. The lowest BCUT2D eigenvalue weighted by Crippen LogP contribution is -2.21. The molecule has 13 heavy (non-hydrogen) atoms. The molecule has 1 aromatic heterocycles. The molecular formula is C8H15N3OS. The van der Waals surface area contributed by atoms with Gasteiger partial charge in [-0.25, -0.2) is 9.89 Å². The fraction of sp³-hybridized carbons (Fsp3) is 0.750. The summed E-state index contributed by atoms with van der Waals surface area (Å²) < 4.78 is 2.06. The van der Waals surface area contributed by atoms with E-state index in [9.17, 15) is 4.79 Å². The van der Waals surface area contributed by atoms with E-state index < -0.39 is 0 Å². The maximum absolute atomic E-state index is 11.2. The Labute approximate surface area is 82.0 Å². The van der Waals surface area contributed by atoms with E-state index in [4.69, 9.17) is 12.2 Å². The summed E-state index contributed by atoms with van der Waals surface area (Å²) in [5.41, 5.74) is -0.142. The van der Waals surface area contributed by atoms with Crippen LogP contribution in [-0.2, 0) is 6.54 Å². The van der Waals surface area contributed by atoms with Crippen LogP contribution in [0.25, 0.3) is 0 Å². The van der Waals surface area contributed by atoms with Gasteiger partial charge in [-0.3, -0.25) is 9.67 Å². The van der Waals surface area contributed by atoms with Crippen LogP contribution in [0.1, 0.15) is 26.7 Å². The van der Waals surface area contributed by atoms with Crippen LogP contribution in [0.3, 0.4) is 0 Å². The number of aromatic nitrogens is 3. The number of rotatable bonds is 4. The molecule has 1 rings (SSSR count). The minimum atomic E-state index is -0.142. The molecule has 0 unspecified atom stereocenters. The first-order valence-corrected chi connectivity index (χ1v) is 4.97. The van der Waals surface area contributed by atoms with Gasteiger partial charge in [-0.1, -0.05) is 26.7 Å². The molecule has 0 radical (unpaired) electrons. The Kier molecular flexibility index (Phi) is 3.48. The average Bonchev–Trinajstić information content (AvgIpc) is 2.44. The van der Waals surface area contributed by atoms with Crippen molar-refractivity contribution in [3.05, 3.63) is 15.3 Å². The lowest BCUT2D eigenvalue weighted by molar-refractivity contribution is 0.410. The van der Waals surface area contributed by atoms with Gasteiger partial charge in [0.25, 0.3) is 0 Å². The van der Waals surface area contributed by atoms with Crippen molar-refractivity contribution in [1.82, 2.24) is 14.8 Å². The molecule has 0 aliphatic heterocycles. The van der Waals surface area contributed by atoms with Crippen LogP contribution in [0.4, 0.5) is 0 Å². The second-order valence-electron chi connectivity index (χ2n) is 3.15. The van der Waals surface area contributed by atoms with Crippen molar-refractivity contribution >= 4 is 12.2 Å². The molecule has 0 aliphatic rings. The summed E-state index contributed by atoms with van der Waals surface area (Å²) in [4.78, 5) is 11.2. The number of nitrogens with one attached hydrogen (secondary N) is 2. The molecule has 0 saturated carbocycles. The van der Waals surface area contributed by atoms with E-state index in [1.54, 1.807) is 4.57 Å². The largest absolute Gasteiger partial charge is 0.342 e. The first-order valence-electron chi connectivity index (χ1n) is 4.56. The van der Waals surface area contributed by atoms with Gasteiger partial charge in [0.1, 0.15) is 0 Å². The third-order valence-electron chi connectivity index (χ3n) is 2.36. The number of hydrogen-bond donors (Lipinski definition) is 2. The van der Waals surface area contributed by atoms with Crippen molar-refractivity contribution < 1.29 is 0 Å². The quantitative estimate of drug-likeness (QED) is 0.728. The summed E-state index contributed by atoms with van der Waals surface area (Å²) in [5.74, 6) is 0.531. The highest BCUT2D eigenvalue weighted by Gasteiger charge is 2.07. The van der Waals surface area contributed by atoms with Crippen molar-refractivity contribution in [2.24, 2.45) is 5.92 Å². The highest BCUT2D eigenvalue weighted by atomic mass is 32.1. The van der Waals surface area contributed by atoms with Crippen molar-refractivity contribution in [2.45, 2.75) is 33.2 Å². The lowest BCUT2D eigenvalue weighted by atomic mass is 10.0. The molecule has 2 N–H and O–H groups in total. The Morgan fingerprint density at radius 3 is 2.38 bits per heavy atom. The third kappa shape index (κ3) is 2.30. The van der Waals surface area contributed by atoms with Gasteiger partial charge in [0, 0.05) is 6.54 Å². The zero-order valence-corrected chi connectivity index (χ0v) is 8.78. The zero-order chi connectivity index (χ0) is 9.84. The number of H-pyrrole nitrogens is 2. The monoisotopic (exact) mass is 201 g/mol. The number of nitrogens with zero attached hydrogens (tertiary/aromatic N) is 1. The Hall–Kier alpha value is -0.840. The summed E-state index contributed by atoms with van der Waals surface area (Å²) in [6.07, 6.45) is 2.14. The minimum Gasteiger partial charge on any atom is -0.272 e. The Morgan fingerprint density at radius 1 is 1.38 bits per heavy atom. The van der Waals surface area contributed by atoms with Crippen LogP contribution in [0.5, 0.6) is 0 Å². The van der Waals surface area contributed by atoms with E-state index in [-0.39, 0.29) is 5.69 Å². The SMILES string of the molecule is CCC(CC)Cn1c(=O)[nH][nH]c1=S. The summed E-state index contributed by atoms with van der Waals surface area (Å²) in [7, 11) is 0. The molecule has 0 saturated heterocycles. The van der Waals surface area contributed by atoms with E-state index in [1.165, 1.54) is 0 Å². The molecule has 0 bridgehead atoms. The number of hydrogen-bond acceptors (Lipinski definition) is 2. The summed E-state index contributed by atoms with van der Waals surface area (Å²) in [6, 6.07) is 0. The molecule has 74 valence electrons. The second-order valence-corrected chi connectivity index (χ2v) is 3.54. The lowest BCUT2D eigenvalue weighted by Gasteiger charge is -2.10. The Balaban J connectivity index is 2.84. The van der Waals surface area contributed by atoms with Crippen LogP contribution in [0.15, 0.2) is 4.79 Å². The van der Waals surface area contributed by atoms with Crippen LogP contribution in [0, 0.1) is 10.7 Å². The Morgan fingerprint density at radius 2 is 2.00 bits per heavy atom. The maximum Gasteiger partial charge on any atom is 0.342 e. The van der Waals surface area contributed by atoms with E-state index in [0.717, 1.165) is 12.8 Å². The van der Waals surface area contributed by atoms with Crippen LogP contribution >= 0.6 is 12.2 Å². The van der Waals surface area contributed by atoms with E-state index in [1.807, 2.05) is 0 Å². The molecule has 1 aromatic rings. The molecule has 5 heteroatoms. The topological polar surface area (TPSA) is 53.6 Å². The summed E-state index contributed by atoms with van der Waals surface area (Å²) in [6.45, 7) is 4.96. The van der Waals surface area contributed by atoms with Gasteiger partial charge in [-0.05, 0) is 18.1 Å². The van der Waals surface area contributed by atoms with Crippen LogP contribution < -0.4 is 5.69 Å². The smallest absolute Gasteiger partial charge is 0.272 e. The van der Waals surface area contributed by atoms with Gasteiger partial charge in [0.05, 0.1) is 0 Å². The van der Waals surface area contributed by atoms with E-state index in [2.05, 4.69) is 24.0 Å². The fourth-order valence-corrected chi connectivity index (χ4v) is 1.51. The van der Waals surface area contributed by atoms with Crippen LogP contribution in [0.2, 0.25) is 0 Å². The molecule has 0 fully saturated rings. The molecule has 0 amide bonds. The van der Waals surface area contributed by atoms with Crippen molar-refractivity contribution in [1.29, 1.82) is 0 Å². The van der Waals surface area contributed by atoms with Crippen molar-refractivity contribution in [3.8, 4) is 0 Å². The average molecular weight is 201 g/mol. The first-order chi connectivity index (χ1) is 6.19. The van der Waals surface area contributed by atoms with Gasteiger partial charge in [-0.2, -0.15) is 0 Å². The highest BCUT2D eigenvalue weighted by molar-refractivity contribution is 7.71. The maximum atomic E-state index is 11.2. The molecule has 0 spiro atoms. The molecule has 0 atom stereocenters. The van der Waals surface area contributed by atoms with Gasteiger partial charge >= 0.3 is 5.69 Å². The van der Waals surface area contributed by atoms with E-state index in [0.29, 0.717) is 17.2 Å². The highest BCUT2D eigenvalue weighted by Crippen LogP contribution is 2.08. The van der Waals surface area contributed by atoms with Crippen molar-refractivity contribution in [2.75, 3.05) is 0 Å². The predicted octanol–water partition coefficient (Wildman–Crippen LogP) is 1.67. The zero-order valence-electron chi connectivity index (χ0n) is 7.96.